The SMILES string of the molecule is C=C.C=C.CC1=C(C)C(O)CCC1. The lowest BCUT2D eigenvalue weighted by Gasteiger charge is -2.19. The molecule has 13 heavy (non-hydrogen) atoms. The molecule has 0 saturated heterocycles. The van der Waals surface area contributed by atoms with E-state index < -0.39 is 0 Å². The summed E-state index contributed by atoms with van der Waals surface area (Å²) in [5, 5.41) is 9.29. The largest absolute Gasteiger partial charge is 0.389 e. The van der Waals surface area contributed by atoms with E-state index in [4.69, 9.17) is 0 Å². The Labute approximate surface area is 82.5 Å². The van der Waals surface area contributed by atoms with E-state index >= 15 is 0 Å². The zero-order valence-corrected chi connectivity index (χ0v) is 8.97. The van der Waals surface area contributed by atoms with E-state index in [2.05, 4.69) is 33.2 Å². The number of hydrogen-bond donors (Lipinski definition) is 1. The normalized spacial score (nSPS) is 20.7. The van der Waals surface area contributed by atoms with Crippen LogP contribution >= 0.6 is 0 Å². The van der Waals surface area contributed by atoms with E-state index in [1.54, 1.807) is 0 Å². The second kappa shape index (κ2) is 9.27. The van der Waals surface area contributed by atoms with Crippen LogP contribution in [0.15, 0.2) is 37.5 Å². The molecule has 1 nitrogen and oxygen atoms in total. The van der Waals surface area contributed by atoms with Crippen LogP contribution in [0.3, 0.4) is 0 Å². The van der Waals surface area contributed by atoms with Crippen LogP contribution in [-0.4, -0.2) is 11.2 Å². The Balaban J connectivity index is 0. The highest BCUT2D eigenvalue weighted by Crippen LogP contribution is 2.23. The van der Waals surface area contributed by atoms with Crippen LogP contribution in [0.1, 0.15) is 33.1 Å². The molecule has 1 unspecified atom stereocenters. The monoisotopic (exact) mass is 182 g/mol. The molecule has 76 valence electrons. The van der Waals surface area contributed by atoms with E-state index in [0.29, 0.717) is 0 Å². The van der Waals surface area contributed by atoms with Crippen LogP contribution in [0.25, 0.3) is 0 Å². The molecule has 1 aliphatic carbocycles. The van der Waals surface area contributed by atoms with E-state index in [1.807, 2.05) is 6.92 Å². The summed E-state index contributed by atoms with van der Waals surface area (Å²) >= 11 is 0. The van der Waals surface area contributed by atoms with Crippen molar-refractivity contribution in [3.05, 3.63) is 37.5 Å². The van der Waals surface area contributed by atoms with Crippen molar-refractivity contribution in [1.82, 2.24) is 0 Å². The molecule has 0 aromatic rings. The fourth-order valence-corrected chi connectivity index (χ4v) is 1.26. The molecule has 1 rings (SSSR count). The van der Waals surface area contributed by atoms with Crippen molar-refractivity contribution >= 4 is 0 Å². The van der Waals surface area contributed by atoms with E-state index in [9.17, 15) is 5.11 Å². The van der Waals surface area contributed by atoms with Crippen molar-refractivity contribution < 1.29 is 5.11 Å². The second-order valence-corrected chi connectivity index (χ2v) is 2.87. The summed E-state index contributed by atoms with van der Waals surface area (Å²) in [5.74, 6) is 0. The average Bonchev–Trinajstić information content (AvgIpc) is 2.20. The van der Waals surface area contributed by atoms with Crippen LogP contribution in [-0.2, 0) is 0 Å². The fraction of sp³-hybridized carbons (Fsp3) is 0.500. The highest BCUT2D eigenvalue weighted by molar-refractivity contribution is 5.16. The molecule has 0 heterocycles. The molecule has 0 bridgehead atoms. The summed E-state index contributed by atoms with van der Waals surface area (Å²) < 4.78 is 0. The van der Waals surface area contributed by atoms with E-state index in [1.165, 1.54) is 17.6 Å². The average molecular weight is 182 g/mol. The van der Waals surface area contributed by atoms with Gasteiger partial charge in [-0.2, -0.15) is 0 Å². The van der Waals surface area contributed by atoms with Gasteiger partial charge in [-0.15, -0.1) is 26.3 Å². The summed E-state index contributed by atoms with van der Waals surface area (Å²) in [6, 6.07) is 0. The van der Waals surface area contributed by atoms with Crippen molar-refractivity contribution in [2.75, 3.05) is 0 Å². The number of rotatable bonds is 0. The predicted octanol–water partition coefficient (Wildman–Crippen LogP) is 3.47. The number of aliphatic hydroxyl groups excluding tert-OH is 1. The zero-order valence-electron chi connectivity index (χ0n) is 8.97. The number of aliphatic hydroxyl groups is 1. The Morgan fingerprint density at radius 1 is 1.15 bits per heavy atom. The second-order valence-electron chi connectivity index (χ2n) is 2.87. The first-order valence-electron chi connectivity index (χ1n) is 4.56. The van der Waals surface area contributed by atoms with Crippen molar-refractivity contribution in [2.24, 2.45) is 0 Å². The van der Waals surface area contributed by atoms with Crippen LogP contribution < -0.4 is 0 Å². The standard InChI is InChI=1S/C8H14O.2C2H4/c1-6-4-3-5-8(9)7(6)2;2*1-2/h8-9H,3-5H2,1-2H3;2*1-2H2. The van der Waals surface area contributed by atoms with Crippen molar-refractivity contribution in [3.8, 4) is 0 Å². The van der Waals surface area contributed by atoms with Crippen LogP contribution in [0.5, 0.6) is 0 Å². The van der Waals surface area contributed by atoms with Crippen LogP contribution in [0.2, 0.25) is 0 Å². The molecule has 1 N–H and O–H groups in total. The summed E-state index contributed by atoms with van der Waals surface area (Å²) in [5.41, 5.74) is 2.58. The Hall–Kier alpha value is -0.820. The topological polar surface area (TPSA) is 20.2 Å². The van der Waals surface area contributed by atoms with Crippen molar-refractivity contribution in [2.45, 2.75) is 39.2 Å². The molecule has 0 spiro atoms. The summed E-state index contributed by atoms with van der Waals surface area (Å²) in [7, 11) is 0. The molecule has 0 aliphatic heterocycles. The third-order valence-corrected chi connectivity index (χ3v) is 2.20. The Bertz CT molecular complexity index is 157. The van der Waals surface area contributed by atoms with E-state index in [0.717, 1.165) is 12.8 Å². The van der Waals surface area contributed by atoms with Gasteiger partial charge in [-0.1, -0.05) is 5.57 Å². The van der Waals surface area contributed by atoms with Gasteiger partial charge in [0.25, 0.3) is 0 Å². The fourth-order valence-electron chi connectivity index (χ4n) is 1.26. The quantitative estimate of drug-likeness (QED) is 0.569. The van der Waals surface area contributed by atoms with Crippen molar-refractivity contribution in [3.63, 3.8) is 0 Å². The van der Waals surface area contributed by atoms with Gasteiger partial charge in [0.1, 0.15) is 0 Å². The Morgan fingerprint density at radius 2 is 1.62 bits per heavy atom. The molecule has 0 amide bonds. The van der Waals surface area contributed by atoms with E-state index in [-0.39, 0.29) is 6.10 Å². The zero-order chi connectivity index (χ0) is 10.9. The maximum Gasteiger partial charge on any atom is 0.0750 e. The highest BCUT2D eigenvalue weighted by atomic mass is 16.3. The van der Waals surface area contributed by atoms with Crippen LogP contribution in [0.4, 0.5) is 0 Å². The molecule has 0 saturated carbocycles. The third kappa shape index (κ3) is 5.42. The van der Waals surface area contributed by atoms with Gasteiger partial charge in [-0.25, -0.2) is 0 Å². The van der Waals surface area contributed by atoms with Crippen molar-refractivity contribution in [1.29, 1.82) is 0 Å². The molecular formula is C12H22O. The smallest absolute Gasteiger partial charge is 0.0750 e. The lowest BCUT2D eigenvalue weighted by atomic mass is 9.92. The summed E-state index contributed by atoms with van der Waals surface area (Å²) in [6.45, 7) is 16.1. The lowest BCUT2D eigenvalue weighted by Crippen LogP contribution is -2.13. The molecular weight excluding hydrogens is 160 g/mol. The molecule has 1 heteroatoms. The minimum Gasteiger partial charge on any atom is -0.389 e. The first-order chi connectivity index (χ1) is 6.22. The first kappa shape index (κ1) is 14.7. The molecule has 0 radical (unpaired) electrons. The predicted molar refractivity (Wildman–Crippen MR) is 60.7 cm³/mol. The number of allylic oxidation sites excluding steroid dienone is 1. The first-order valence-corrected chi connectivity index (χ1v) is 4.56. The van der Waals surface area contributed by atoms with Gasteiger partial charge < -0.3 is 5.11 Å². The van der Waals surface area contributed by atoms with Crippen LogP contribution in [0, 0.1) is 0 Å². The summed E-state index contributed by atoms with van der Waals surface area (Å²) in [6.07, 6.45) is 3.16. The van der Waals surface area contributed by atoms with Gasteiger partial charge in [-0.3, -0.25) is 0 Å². The Kier molecular flexibility index (Phi) is 10.5. The summed E-state index contributed by atoms with van der Waals surface area (Å²) in [4.78, 5) is 0. The minimum atomic E-state index is -0.140. The third-order valence-electron chi connectivity index (χ3n) is 2.20. The molecule has 1 aliphatic rings. The lowest BCUT2D eigenvalue weighted by molar-refractivity contribution is 0.189. The maximum absolute atomic E-state index is 9.29. The van der Waals surface area contributed by atoms with Gasteiger partial charge in [-0.05, 0) is 38.7 Å². The molecule has 0 aromatic heterocycles. The minimum absolute atomic E-state index is 0.140. The molecule has 1 atom stereocenters. The van der Waals surface area contributed by atoms with Gasteiger partial charge >= 0.3 is 0 Å². The molecule has 0 fully saturated rings. The molecule has 0 aromatic carbocycles. The van der Waals surface area contributed by atoms with Gasteiger partial charge in [0.05, 0.1) is 6.10 Å². The van der Waals surface area contributed by atoms with Gasteiger partial charge in [0.15, 0.2) is 0 Å². The number of hydrogen-bond acceptors (Lipinski definition) is 1. The van der Waals surface area contributed by atoms with Gasteiger partial charge in [0.2, 0.25) is 0 Å². The maximum atomic E-state index is 9.29. The highest BCUT2D eigenvalue weighted by Gasteiger charge is 2.13. The Morgan fingerprint density at radius 3 is 1.92 bits per heavy atom. The van der Waals surface area contributed by atoms with Gasteiger partial charge in [0, 0.05) is 0 Å².